The van der Waals surface area contributed by atoms with Crippen molar-refractivity contribution in [3.05, 3.63) is 0 Å². The smallest absolute Gasteiger partial charge is 0.107 e. The molecule has 3 nitrogen and oxygen atoms in total. The van der Waals surface area contributed by atoms with Crippen molar-refractivity contribution in [3.8, 4) is 0 Å². The second kappa shape index (κ2) is 5.73. The van der Waals surface area contributed by atoms with E-state index in [0.717, 1.165) is 6.42 Å². The lowest BCUT2D eigenvalue weighted by Gasteiger charge is -2.18. The van der Waals surface area contributed by atoms with Crippen molar-refractivity contribution < 1.29 is 4.39 Å². The maximum Gasteiger partial charge on any atom is 0.107 e. The summed E-state index contributed by atoms with van der Waals surface area (Å²) >= 11 is 0. The minimum absolute atomic E-state index is 0.00620. The van der Waals surface area contributed by atoms with Gasteiger partial charge in [0, 0.05) is 12.6 Å². The van der Waals surface area contributed by atoms with E-state index < -0.39 is 5.67 Å². The zero-order chi connectivity index (χ0) is 11.2. The van der Waals surface area contributed by atoms with Gasteiger partial charge in [0.2, 0.25) is 0 Å². The molecule has 0 saturated heterocycles. The van der Waals surface area contributed by atoms with Crippen molar-refractivity contribution in [2.75, 3.05) is 0 Å². The summed E-state index contributed by atoms with van der Waals surface area (Å²) < 4.78 is 13.3. The summed E-state index contributed by atoms with van der Waals surface area (Å²) in [6, 6.07) is 0.00620. The molecule has 0 aliphatic rings. The summed E-state index contributed by atoms with van der Waals surface area (Å²) in [7, 11) is 0. The minimum atomic E-state index is -1.17. The average molecular weight is 201 g/mol. The van der Waals surface area contributed by atoms with E-state index in [4.69, 9.17) is 5.84 Å². The first-order valence-electron chi connectivity index (χ1n) is 4.85. The van der Waals surface area contributed by atoms with Crippen LogP contribution in [0.2, 0.25) is 0 Å². The molecule has 1 atom stereocenters. The number of hydrogen-bond donors (Lipinski definition) is 1. The molecule has 4 heteroatoms. The number of nitrogens with zero attached hydrogens (tertiary/aromatic N) is 2. The van der Waals surface area contributed by atoms with Crippen molar-refractivity contribution in [2.24, 2.45) is 15.9 Å². The van der Waals surface area contributed by atoms with E-state index >= 15 is 0 Å². The highest BCUT2D eigenvalue weighted by atomic mass is 19.1. The monoisotopic (exact) mass is 201 g/mol. The molecule has 0 radical (unpaired) electrons. The number of alkyl halides is 1. The van der Waals surface area contributed by atoms with E-state index in [1.165, 1.54) is 0 Å². The molecule has 0 rings (SSSR count). The van der Waals surface area contributed by atoms with Crippen LogP contribution in [-0.4, -0.2) is 23.6 Å². The molecule has 0 aliphatic carbocycles. The molecule has 0 spiro atoms. The lowest BCUT2D eigenvalue weighted by molar-refractivity contribution is 0.187. The first-order valence-corrected chi connectivity index (χ1v) is 4.85. The summed E-state index contributed by atoms with van der Waals surface area (Å²) in [4.78, 5) is 4.22. The minimum Gasteiger partial charge on any atom is -0.323 e. The van der Waals surface area contributed by atoms with Gasteiger partial charge in [-0.25, -0.2) is 4.39 Å². The summed E-state index contributed by atoms with van der Waals surface area (Å²) in [5.41, 5.74) is -0.522. The van der Waals surface area contributed by atoms with Gasteiger partial charge in [-0.05, 0) is 27.2 Å². The maximum atomic E-state index is 13.3. The highest BCUT2D eigenvalue weighted by molar-refractivity contribution is 6.29. The van der Waals surface area contributed by atoms with Gasteiger partial charge in [-0.2, -0.15) is 5.10 Å². The van der Waals surface area contributed by atoms with Gasteiger partial charge in [-0.15, -0.1) is 0 Å². The first kappa shape index (κ1) is 13.1. The Kier molecular flexibility index (Phi) is 5.35. The van der Waals surface area contributed by atoms with E-state index in [9.17, 15) is 4.39 Å². The number of aliphatic imine (C=N–C) groups is 1. The normalized spacial score (nSPS) is 16.2. The quantitative estimate of drug-likeness (QED) is 0.414. The topological polar surface area (TPSA) is 50.7 Å². The molecule has 0 fully saturated rings. The number of nitrogens with two attached hydrogens (primary N) is 1. The van der Waals surface area contributed by atoms with E-state index in [2.05, 4.69) is 10.1 Å². The third-order valence-corrected chi connectivity index (χ3v) is 1.87. The lowest BCUT2D eigenvalue weighted by atomic mass is 10.00. The molecule has 1 unspecified atom stereocenters. The van der Waals surface area contributed by atoms with Crippen molar-refractivity contribution in [2.45, 2.75) is 52.2 Å². The fourth-order valence-electron chi connectivity index (χ4n) is 1.11. The van der Waals surface area contributed by atoms with E-state index in [0.29, 0.717) is 12.1 Å². The van der Waals surface area contributed by atoms with Gasteiger partial charge in [0.25, 0.3) is 0 Å². The van der Waals surface area contributed by atoms with E-state index in [1.54, 1.807) is 27.0 Å². The van der Waals surface area contributed by atoms with Crippen LogP contribution < -0.4 is 5.84 Å². The molecule has 2 N–H and O–H groups in total. The van der Waals surface area contributed by atoms with Crippen molar-refractivity contribution >= 4 is 11.9 Å². The lowest BCUT2D eigenvalue weighted by Crippen LogP contribution is -2.20. The molecule has 82 valence electrons. The Morgan fingerprint density at radius 1 is 1.57 bits per heavy atom. The molecule has 0 saturated carbocycles. The number of rotatable bonds is 5. The van der Waals surface area contributed by atoms with Crippen LogP contribution in [0.3, 0.4) is 0 Å². The van der Waals surface area contributed by atoms with Gasteiger partial charge < -0.3 is 5.84 Å². The maximum absolute atomic E-state index is 13.3. The highest BCUT2D eigenvalue weighted by Gasteiger charge is 2.20. The SMILES string of the molecule is CCC(CC(C)(C)F)N=CC(C)=NN. The summed E-state index contributed by atoms with van der Waals surface area (Å²) in [6.07, 6.45) is 2.85. The molecular formula is C10H20FN3. The Morgan fingerprint density at radius 2 is 2.14 bits per heavy atom. The molecule has 0 heterocycles. The van der Waals surface area contributed by atoms with Crippen molar-refractivity contribution in [1.29, 1.82) is 0 Å². The number of halogens is 1. The van der Waals surface area contributed by atoms with Crippen LogP contribution >= 0.6 is 0 Å². The fourth-order valence-corrected chi connectivity index (χ4v) is 1.11. The fraction of sp³-hybridized carbons (Fsp3) is 0.800. The Bertz CT molecular complexity index is 216. The first-order chi connectivity index (χ1) is 6.39. The van der Waals surface area contributed by atoms with Gasteiger partial charge in [0.1, 0.15) is 5.67 Å². The van der Waals surface area contributed by atoms with Crippen LogP contribution in [0, 0.1) is 0 Å². The van der Waals surface area contributed by atoms with Gasteiger partial charge in [-0.1, -0.05) is 6.92 Å². The largest absolute Gasteiger partial charge is 0.323 e. The average Bonchev–Trinajstić information content (AvgIpc) is 2.09. The number of hydrazone groups is 1. The third-order valence-electron chi connectivity index (χ3n) is 1.87. The molecule has 0 aliphatic heterocycles. The predicted molar refractivity (Wildman–Crippen MR) is 59.7 cm³/mol. The Hall–Kier alpha value is -0.930. The predicted octanol–water partition coefficient (Wildman–Crippen LogP) is 2.31. The zero-order valence-corrected chi connectivity index (χ0v) is 9.42. The van der Waals surface area contributed by atoms with Gasteiger partial charge >= 0.3 is 0 Å². The zero-order valence-electron chi connectivity index (χ0n) is 9.42. The number of hydrogen-bond acceptors (Lipinski definition) is 3. The Morgan fingerprint density at radius 3 is 2.50 bits per heavy atom. The molecule has 0 bridgehead atoms. The highest BCUT2D eigenvalue weighted by Crippen LogP contribution is 2.19. The van der Waals surface area contributed by atoms with Crippen LogP contribution in [0.5, 0.6) is 0 Å². The molecule has 0 aromatic carbocycles. The van der Waals surface area contributed by atoms with Crippen molar-refractivity contribution in [1.82, 2.24) is 0 Å². The molecule has 0 aromatic rings. The van der Waals surface area contributed by atoms with Crippen LogP contribution in [0.15, 0.2) is 10.1 Å². The van der Waals surface area contributed by atoms with Gasteiger partial charge in [-0.3, -0.25) is 4.99 Å². The van der Waals surface area contributed by atoms with E-state index in [1.807, 2.05) is 6.92 Å². The molecule has 0 aromatic heterocycles. The van der Waals surface area contributed by atoms with E-state index in [-0.39, 0.29) is 6.04 Å². The van der Waals surface area contributed by atoms with Gasteiger partial charge in [0.05, 0.1) is 11.8 Å². The Balaban J connectivity index is 4.23. The molecule has 0 amide bonds. The van der Waals surface area contributed by atoms with Crippen LogP contribution in [0.1, 0.15) is 40.5 Å². The second-order valence-electron chi connectivity index (χ2n) is 4.03. The van der Waals surface area contributed by atoms with Crippen molar-refractivity contribution in [3.63, 3.8) is 0 Å². The standard InChI is InChI=1S/C10H20FN3/c1-5-9(6-10(3,4)11)13-7-8(2)14-12/h7,9H,5-6,12H2,1-4H3. The Labute approximate surface area is 85.3 Å². The van der Waals surface area contributed by atoms with Crippen LogP contribution in [0.25, 0.3) is 0 Å². The third kappa shape index (κ3) is 6.57. The summed E-state index contributed by atoms with van der Waals surface area (Å²) in [5, 5.41) is 3.46. The second-order valence-corrected chi connectivity index (χ2v) is 4.03. The van der Waals surface area contributed by atoms with Crippen LogP contribution in [-0.2, 0) is 0 Å². The molecule has 14 heavy (non-hydrogen) atoms. The molecular weight excluding hydrogens is 181 g/mol. The summed E-state index contributed by atoms with van der Waals surface area (Å²) in [6.45, 7) is 6.88. The summed E-state index contributed by atoms with van der Waals surface area (Å²) in [5.74, 6) is 5.05. The van der Waals surface area contributed by atoms with Crippen LogP contribution in [0.4, 0.5) is 4.39 Å². The van der Waals surface area contributed by atoms with Gasteiger partial charge in [0.15, 0.2) is 0 Å².